The van der Waals surface area contributed by atoms with Gasteiger partial charge in [0.05, 0.1) is 30.5 Å². The summed E-state index contributed by atoms with van der Waals surface area (Å²) >= 11 is 0. The number of ether oxygens (including phenoxy) is 3. The summed E-state index contributed by atoms with van der Waals surface area (Å²) in [5.74, 6) is -1.64. The SMILES string of the molecule is O=C([O-])c1c(OCC2OCCO2)ccc2c1O[B-](O)(O)CC2. The standard InChI is InChI=1S/C13H16BO8/c15-13(16)11-9(21-7-10-19-5-6-20-10)2-1-8-3-4-14(17,18)22-12(8)11/h1-2,10,17-18H,3-7H2,(H,15,16)/q-1/p-1. The van der Waals surface area contributed by atoms with Crippen LogP contribution >= 0.6 is 0 Å². The number of carbonyl (C=O) groups excluding carboxylic acids is 1. The van der Waals surface area contributed by atoms with Crippen LogP contribution in [0.15, 0.2) is 12.1 Å². The Labute approximate surface area is 126 Å². The van der Waals surface area contributed by atoms with Crippen LogP contribution in [-0.2, 0) is 15.9 Å². The fourth-order valence-corrected chi connectivity index (χ4v) is 2.51. The van der Waals surface area contributed by atoms with Gasteiger partial charge in [-0.25, -0.2) is 0 Å². The minimum absolute atomic E-state index is 0.00342. The highest BCUT2D eigenvalue weighted by atomic mass is 16.7. The lowest BCUT2D eigenvalue weighted by molar-refractivity contribution is -0.255. The first-order valence-electron chi connectivity index (χ1n) is 6.99. The van der Waals surface area contributed by atoms with Crippen LogP contribution in [0.1, 0.15) is 15.9 Å². The van der Waals surface area contributed by atoms with Crippen LogP contribution in [0, 0.1) is 0 Å². The Hall–Kier alpha value is -1.81. The van der Waals surface area contributed by atoms with E-state index in [1.54, 1.807) is 6.07 Å². The van der Waals surface area contributed by atoms with Crippen molar-refractivity contribution in [3.05, 3.63) is 23.3 Å². The fraction of sp³-hybridized carbons (Fsp3) is 0.462. The fourth-order valence-electron chi connectivity index (χ4n) is 2.51. The molecule has 0 spiro atoms. The third-order valence-electron chi connectivity index (χ3n) is 3.57. The Kier molecular flexibility index (Phi) is 3.96. The van der Waals surface area contributed by atoms with E-state index in [0.717, 1.165) is 0 Å². The second-order valence-electron chi connectivity index (χ2n) is 5.21. The van der Waals surface area contributed by atoms with Crippen molar-refractivity contribution in [3.8, 4) is 11.5 Å². The number of aryl methyl sites for hydroxylation is 1. The van der Waals surface area contributed by atoms with Crippen molar-refractivity contribution in [2.75, 3.05) is 19.8 Å². The summed E-state index contributed by atoms with van der Waals surface area (Å²) in [5, 5.41) is 30.7. The van der Waals surface area contributed by atoms with Gasteiger partial charge in [-0.05, 0) is 18.1 Å². The molecule has 8 nitrogen and oxygen atoms in total. The lowest BCUT2D eigenvalue weighted by atomic mass is 9.70. The molecule has 0 amide bonds. The van der Waals surface area contributed by atoms with Crippen LogP contribution in [-0.4, -0.2) is 48.9 Å². The summed E-state index contributed by atoms with van der Waals surface area (Å²) in [6.45, 7) is -2.16. The Morgan fingerprint density at radius 3 is 2.77 bits per heavy atom. The minimum Gasteiger partial charge on any atom is -0.669 e. The molecule has 0 bridgehead atoms. The highest BCUT2D eigenvalue weighted by Gasteiger charge is 2.31. The van der Waals surface area contributed by atoms with E-state index in [1.807, 2.05) is 0 Å². The molecule has 1 fully saturated rings. The first kappa shape index (κ1) is 15.1. The maximum atomic E-state index is 11.4. The summed E-state index contributed by atoms with van der Waals surface area (Å²) in [4.78, 5) is 11.4. The van der Waals surface area contributed by atoms with E-state index in [-0.39, 0.29) is 36.4 Å². The molecule has 120 valence electrons. The lowest BCUT2D eigenvalue weighted by Gasteiger charge is -2.38. The highest BCUT2D eigenvalue weighted by molar-refractivity contribution is 6.59. The molecule has 2 aliphatic heterocycles. The maximum absolute atomic E-state index is 11.4. The van der Waals surface area contributed by atoms with Gasteiger partial charge >= 0.3 is 6.75 Å². The topological polar surface area (TPSA) is 118 Å². The smallest absolute Gasteiger partial charge is 0.430 e. The largest absolute Gasteiger partial charge is 0.669 e. The lowest BCUT2D eigenvalue weighted by Crippen LogP contribution is -2.46. The summed E-state index contributed by atoms with van der Waals surface area (Å²) in [5.41, 5.74) is 0.213. The normalized spacial score (nSPS) is 20.3. The van der Waals surface area contributed by atoms with Gasteiger partial charge in [0.15, 0.2) is 6.29 Å². The Bertz CT molecular complexity index is 582. The Balaban J connectivity index is 1.88. The molecule has 0 aliphatic carbocycles. The van der Waals surface area contributed by atoms with Crippen molar-refractivity contribution in [1.29, 1.82) is 0 Å². The molecule has 3 rings (SSSR count). The first-order valence-corrected chi connectivity index (χ1v) is 6.99. The van der Waals surface area contributed by atoms with E-state index in [4.69, 9.17) is 18.9 Å². The van der Waals surface area contributed by atoms with Crippen molar-refractivity contribution in [2.24, 2.45) is 0 Å². The number of carbonyl (C=O) groups is 1. The van der Waals surface area contributed by atoms with Crippen molar-refractivity contribution in [1.82, 2.24) is 0 Å². The second-order valence-corrected chi connectivity index (χ2v) is 5.21. The van der Waals surface area contributed by atoms with Gasteiger partial charge in [0.1, 0.15) is 12.4 Å². The third kappa shape index (κ3) is 3.02. The van der Waals surface area contributed by atoms with E-state index >= 15 is 0 Å². The van der Waals surface area contributed by atoms with Crippen molar-refractivity contribution in [3.63, 3.8) is 0 Å². The summed E-state index contributed by atoms with van der Waals surface area (Å²) in [6.07, 6.45) is -0.271. The predicted molar refractivity (Wildman–Crippen MR) is 71.3 cm³/mol. The molecule has 0 radical (unpaired) electrons. The van der Waals surface area contributed by atoms with E-state index in [0.29, 0.717) is 18.8 Å². The molecule has 0 unspecified atom stereocenters. The monoisotopic (exact) mass is 310 g/mol. The molecular weight excluding hydrogens is 295 g/mol. The van der Waals surface area contributed by atoms with Crippen molar-refractivity contribution in [2.45, 2.75) is 19.0 Å². The molecule has 0 saturated carbocycles. The zero-order valence-corrected chi connectivity index (χ0v) is 11.7. The van der Waals surface area contributed by atoms with Gasteiger partial charge in [-0.15, -0.1) is 0 Å². The molecule has 9 heteroatoms. The average molecular weight is 310 g/mol. The molecule has 2 heterocycles. The van der Waals surface area contributed by atoms with Crippen LogP contribution in [0.2, 0.25) is 6.32 Å². The van der Waals surface area contributed by atoms with Gasteiger partial charge in [-0.3, -0.25) is 0 Å². The van der Waals surface area contributed by atoms with E-state index in [9.17, 15) is 19.9 Å². The first-order chi connectivity index (χ1) is 10.5. The van der Waals surface area contributed by atoms with E-state index < -0.39 is 19.0 Å². The van der Waals surface area contributed by atoms with Crippen LogP contribution < -0.4 is 14.5 Å². The molecule has 0 aromatic heterocycles. The third-order valence-corrected chi connectivity index (χ3v) is 3.57. The zero-order valence-electron chi connectivity index (χ0n) is 11.7. The molecule has 2 N–H and O–H groups in total. The van der Waals surface area contributed by atoms with Crippen molar-refractivity contribution < 1.29 is 38.8 Å². The highest BCUT2D eigenvalue weighted by Crippen LogP contribution is 2.37. The molecule has 2 aliphatic rings. The number of aromatic carboxylic acids is 1. The molecular formula is C13H15BO8-2. The Morgan fingerprint density at radius 2 is 2.09 bits per heavy atom. The van der Waals surface area contributed by atoms with Crippen LogP contribution in [0.25, 0.3) is 0 Å². The molecule has 1 saturated heterocycles. The zero-order chi connectivity index (χ0) is 15.7. The van der Waals surface area contributed by atoms with Crippen LogP contribution in [0.5, 0.6) is 11.5 Å². The average Bonchev–Trinajstić information content (AvgIpc) is 2.96. The summed E-state index contributed by atoms with van der Waals surface area (Å²) in [6, 6.07) is 3.11. The van der Waals surface area contributed by atoms with E-state index in [2.05, 4.69) is 0 Å². The minimum atomic E-state index is -3.07. The number of carboxylic acids is 1. The molecule has 1 aromatic rings. The number of fused-ring (bicyclic) bond motifs is 1. The van der Waals surface area contributed by atoms with Gasteiger partial charge < -0.3 is 38.8 Å². The van der Waals surface area contributed by atoms with Gasteiger partial charge in [-0.1, -0.05) is 12.4 Å². The molecule has 22 heavy (non-hydrogen) atoms. The molecule has 1 aromatic carbocycles. The summed E-state index contributed by atoms with van der Waals surface area (Å²) < 4.78 is 20.8. The maximum Gasteiger partial charge on any atom is 0.430 e. The molecule has 0 atom stereocenters. The van der Waals surface area contributed by atoms with Crippen molar-refractivity contribution >= 4 is 12.7 Å². The van der Waals surface area contributed by atoms with Gasteiger partial charge in [0.2, 0.25) is 0 Å². The second kappa shape index (κ2) is 5.77. The van der Waals surface area contributed by atoms with Gasteiger partial charge in [0.25, 0.3) is 0 Å². The van der Waals surface area contributed by atoms with Gasteiger partial charge in [0, 0.05) is 0 Å². The number of carboxylic acid groups (broad SMARTS) is 1. The number of rotatable bonds is 4. The van der Waals surface area contributed by atoms with E-state index in [1.165, 1.54) is 6.07 Å². The summed E-state index contributed by atoms with van der Waals surface area (Å²) in [7, 11) is 0. The predicted octanol–water partition coefficient (Wildman–Crippen LogP) is -1.34. The quantitative estimate of drug-likeness (QED) is 0.656. The van der Waals surface area contributed by atoms with Crippen LogP contribution in [0.4, 0.5) is 0 Å². The van der Waals surface area contributed by atoms with Gasteiger partial charge in [-0.2, -0.15) is 0 Å². The number of hydrogen-bond acceptors (Lipinski definition) is 8. The Morgan fingerprint density at radius 1 is 1.36 bits per heavy atom. The number of benzene rings is 1. The number of hydrogen-bond donors (Lipinski definition) is 2. The van der Waals surface area contributed by atoms with Crippen LogP contribution in [0.3, 0.4) is 0 Å².